The largest absolute Gasteiger partial charge is 0.481 e. The van der Waals surface area contributed by atoms with Crippen molar-refractivity contribution in [2.24, 2.45) is 5.92 Å². The van der Waals surface area contributed by atoms with E-state index in [4.69, 9.17) is 4.74 Å². The number of amides is 2. The third-order valence-electron chi connectivity index (χ3n) is 4.13. The van der Waals surface area contributed by atoms with E-state index in [-0.39, 0.29) is 12.1 Å². The number of carbonyl (C=O) groups is 2. The van der Waals surface area contributed by atoms with Crippen molar-refractivity contribution >= 4 is 12.0 Å². The number of aliphatic carboxylic acids is 1. The van der Waals surface area contributed by atoms with Gasteiger partial charge in [0.1, 0.15) is 0 Å². The summed E-state index contributed by atoms with van der Waals surface area (Å²) < 4.78 is 5.96. The van der Waals surface area contributed by atoms with Gasteiger partial charge < -0.3 is 20.1 Å². The minimum Gasteiger partial charge on any atom is -0.481 e. The molecule has 0 bridgehead atoms. The van der Waals surface area contributed by atoms with E-state index in [0.717, 1.165) is 12.8 Å². The Morgan fingerprint density at radius 2 is 1.71 bits per heavy atom. The number of hydrogen-bond donors (Lipinski definition) is 2. The molecule has 1 aliphatic heterocycles. The van der Waals surface area contributed by atoms with Crippen LogP contribution < -0.4 is 5.32 Å². The van der Waals surface area contributed by atoms with Crippen LogP contribution >= 0.6 is 0 Å². The number of hydrogen-bond acceptors (Lipinski definition) is 3. The number of carboxylic acids is 1. The number of morpholine rings is 1. The van der Waals surface area contributed by atoms with Gasteiger partial charge in [-0.15, -0.1) is 0 Å². The van der Waals surface area contributed by atoms with Crippen molar-refractivity contribution in [3.05, 3.63) is 0 Å². The molecule has 2 amide bonds. The molecule has 0 aromatic rings. The summed E-state index contributed by atoms with van der Waals surface area (Å²) in [5, 5.41) is 12.1. The molecular weight excluding hydrogens is 272 g/mol. The summed E-state index contributed by atoms with van der Waals surface area (Å²) in [5.41, 5.74) is -0.804. The van der Waals surface area contributed by atoms with Crippen LogP contribution in [0.15, 0.2) is 0 Å². The first-order valence-electron chi connectivity index (χ1n) is 7.58. The standard InChI is InChI=1S/C15H26N2O4/c1-14(2)8-17(9-15(3,4)21-14)13(20)16-11-7-5-6-10(11)12(18)19/h10-11H,5-9H2,1-4H3,(H,16,20)(H,18,19). The smallest absolute Gasteiger partial charge is 0.317 e. The van der Waals surface area contributed by atoms with Crippen LogP contribution in [0.5, 0.6) is 0 Å². The number of carboxylic acid groups (broad SMARTS) is 1. The van der Waals surface area contributed by atoms with Gasteiger partial charge in [0.25, 0.3) is 0 Å². The average molecular weight is 298 g/mol. The van der Waals surface area contributed by atoms with Gasteiger partial charge in [-0.1, -0.05) is 6.42 Å². The molecule has 0 aromatic carbocycles. The van der Waals surface area contributed by atoms with Crippen molar-refractivity contribution in [3.63, 3.8) is 0 Å². The van der Waals surface area contributed by atoms with Gasteiger partial charge in [-0.3, -0.25) is 4.79 Å². The molecule has 120 valence electrons. The quantitative estimate of drug-likeness (QED) is 0.815. The van der Waals surface area contributed by atoms with E-state index in [2.05, 4.69) is 5.32 Å². The highest BCUT2D eigenvalue weighted by Crippen LogP contribution is 2.29. The van der Waals surface area contributed by atoms with Crippen molar-refractivity contribution in [1.29, 1.82) is 0 Å². The molecule has 1 saturated heterocycles. The molecule has 1 heterocycles. The van der Waals surface area contributed by atoms with Crippen molar-refractivity contribution in [3.8, 4) is 0 Å². The molecule has 2 fully saturated rings. The van der Waals surface area contributed by atoms with Crippen LogP contribution in [0.2, 0.25) is 0 Å². The van der Waals surface area contributed by atoms with Gasteiger partial charge in [0, 0.05) is 6.04 Å². The Balaban J connectivity index is 2.01. The summed E-state index contributed by atoms with van der Waals surface area (Å²) in [5.74, 6) is -1.28. The Morgan fingerprint density at radius 3 is 2.24 bits per heavy atom. The molecule has 2 aliphatic rings. The summed E-state index contributed by atoms with van der Waals surface area (Å²) in [7, 11) is 0. The van der Waals surface area contributed by atoms with Crippen molar-refractivity contribution in [2.45, 2.75) is 64.2 Å². The van der Waals surface area contributed by atoms with Gasteiger partial charge >= 0.3 is 12.0 Å². The number of nitrogens with one attached hydrogen (secondary N) is 1. The maximum absolute atomic E-state index is 12.5. The fraction of sp³-hybridized carbons (Fsp3) is 0.867. The predicted molar refractivity (Wildman–Crippen MR) is 78.1 cm³/mol. The fourth-order valence-electron chi connectivity index (χ4n) is 3.61. The molecular formula is C15H26N2O4. The highest BCUT2D eigenvalue weighted by atomic mass is 16.5. The fourth-order valence-corrected chi connectivity index (χ4v) is 3.61. The van der Waals surface area contributed by atoms with Crippen molar-refractivity contribution in [2.75, 3.05) is 13.1 Å². The van der Waals surface area contributed by atoms with E-state index < -0.39 is 23.1 Å². The van der Waals surface area contributed by atoms with Gasteiger partial charge in [-0.2, -0.15) is 0 Å². The summed E-state index contributed by atoms with van der Waals surface area (Å²) in [6.07, 6.45) is 2.22. The summed E-state index contributed by atoms with van der Waals surface area (Å²) in [6, 6.07) is -0.443. The zero-order valence-electron chi connectivity index (χ0n) is 13.3. The van der Waals surface area contributed by atoms with E-state index >= 15 is 0 Å². The van der Waals surface area contributed by atoms with Gasteiger partial charge in [0.05, 0.1) is 30.2 Å². The maximum atomic E-state index is 12.5. The molecule has 1 aliphatic carbocycles. The van der Waals surface area contributed by atoms with Crippen LogP contribution in [0, 0.1) is 5.92 Å². The number of ether oxygens (including phenoxy) is 1. The van der Waals surface area contributed by atoms with E-state index in [1.54, 1.807) is 4.90 Å². The SMILES string of the molecule is CC1(C)CN(C(=O)NC2CCCC2C(=O)O)CC(C)(C)O1. The third kappa shape index (κ3) is 3.87. The monoisotopic (exact) mass is 298 g/mol. The zero-order chi connectivity index (χ0) is 15.8. The van der Waals surface area contributed by atoms with Gasteiger partial charge in [0.2, 0.25) is 0 Å². The Morgan fingerprint density at radius 1 is 1.14 bits per heavy atom. The predicted octanol–water partition coefficient (Wildman–Crippen LogP) is 1.84. The maximum Gasteiger partial charge on any atom is 0.317 e. The Labute approximate surface area is 125 Å². The molecule has 0 spiro atoms. The van der Waals surface area contributed by atoms with E-state index in [1.165, 1.54) is 0 Å². The Hall–Kier alpha value is -1.30. The minimum absolute atomic E-state index is 0.183. The summed E-state index contributed by atoms with van der Waals surface area (Å²) in [6.45, 7) is 8.86. The first kappa shape index (κ1) is 16.1. The third-order valence-corrected chi connectivity index (χ3v) is 4.13. The highest BCUT2D eigenvalue weighted by molar-refractivity contribution is 5.77. The summed E-state index contributed by atoms with van der Waals surface area (Å²) >= 11 is 0. The molecule has 2 unspecified atom stereocenters. The van der Waals surface area contributed by atoms with E-state index in [9.17, 15) is 14.7 Å². The number of rotatable bonds is 2. The normalized spacial score (nSPS) is 31.0. The lowest BCUT2D eigenvalue weighted by Gasteiger charge is -2.47. The van der Waals surface area contributed by atoms with E-state index in [0.29, 0.717) is 19.5 Å². The van der Waals surface area contributed by atoms with Crippen LogP contribution in [0.3, 0.4) is 0 Å². The first-order valence-corrected chi connectivity index (χ1v) is 7.58. The minimum atomic E-state index is -0.819. The molecule has 2 N–H and O–H groups in total. The molecule has 6 heteroatoms. The number of nitrogens with zero attached hydrogens (tertiary/aromatic N) is 1. The van der Waals surface area contributed by atoms with Gasteiger partial charge in [-0.05, 0) is 40.5 Å². The molecule has 21 heavy (non-hydrogen) atoms. The van der Waals surface area contributed by atoms with Crippen LogP contribution in [-0.4, -0.2) is 52.3 Å². The van der Waals surface area contributed by atoms with Crippen LogP contribution in [0.1, 0.15) is 47.0 Å². The van der Waals surface area contributed by atoms with Gasteiger partial charge in [-0.25, -0.2) is 4.79 Å². The van der Waals surface area contributed by atoms with Crippen LogP contribution in [0.4, 0.5) is 4.79 Å². The summed E-state index contributed by atoms with van der Waals surface area (Å²) in [4.78, 5) is 25.4. The van der Waals surface area contributed by atoms with E-state index in [1.807, 2.05) is 27.7 Å². The van der Waals surface area contributed by atoms with Crippen molar-refractivity contribution in [1.82, 2.24) is 10.2 Å². The zero-order valence-corrected chi connectivity index (χ0v) is 13.3. The number of urea groups is 1. The lowest BCUT2D eigenvalue weighted by molar-refractivity contribution is -0.170. The molecule has 2 rings (SSSR count). The second kappa shape index (κ2) is 5.48. The van der Waals surface area contributed by atoms with Crippen LogP contribution in [0.25, 0.3) is 0 Å². The first-order chi connectivity index (χ1) is 9.60. The molecule has 0 aromatic heterocycles. The van der Waals surface area contributed by atoms with Crippen LogP contribution in [-0.2, 0) is 9.53 Å². The van der Waals surface area contributed by atoms with Gasteiger partial charge in [0.15, 0.2) is 0 Å². The lowest BCUT2D eigenvalue weighted by atomic mass is 9.99. The average Bonchev–Trinajstić information content (AvgIpc) is 2.72. The van der Waals surface area contributed by atoms with Crippen molar-refractivity contribution < 1.29 is 19.4 Å². The Bertz CT molecular complexity index is 417. The second-order valence-electron chi connectivity index (χ2n) is 7.41. The molecule has 0 radical (unpaired) electrons. The molecule has 2 atom stereocenters. The topological polar surface area (TPSA) is 78.9 Å². The highest BCUT2D eigenvalue weighted by Gasteiger charge is 2.41. The second-order valence-corrected chi connectivity index (χ2v) is 7.41. The lowest BCUT2D eigenvalue weighted by Crippen LogP contribution is -2.61. The molecule has 1 saturated carbocycles. The molecule has 6 nitrogen and oxygen atoms in total. The Kier molecular flexibility index (Phi) is 4.19. The number of carbonyl (C=O) groups excluding carboxylic acids is 1.